The molecular formula is C16H20N4O4. The van der Waals surface area contributed by atoms with Gasteiger partial charge in [-0.3, -0.25) is 14.6 Å². The van der Waals surface area contributed by atoms with Gasteiger partial charge in [0.1, 0.15) is 12.4 Å². The number of hydrogen-bond acceptors (Lipinski definition) is 5. The molecule has 0 saturated heterocycles. The lowest BCUT2D eigenvalue weighted by Crippen LogP contribution is -2.23. The van der Waals surface area contributed by atoms with E-state index in [0.29, 0.717) is 36.4 Å². The summed E-state index contributed by atoms with van der Waals surface area (Å²) in [6.07, 6.45) is 0.492. The van der Waals surface area contributed by atoms with Crippen LogP contribution in [0.2, 0.25) is 0 Å². The predicted octanol–water partition coefficient (Wildman–Crippen LogP) is 0.286. The Kier molecular flexibility index (Phi) is 5.78. The van der Waals surface area contributed by atoms with Gasteiger partial charge in [0.25, 0.3) is 5.56 Å². The van der Waals surface area contributed by atoms with Crippen LogP contribution in [0.3, 0.4) is 0 Å². The molecule has 0 radical (unpaired) electrons. The highest BCUT2D eigenvalue weighted by Crippen LogP contribution is 2.19. The zero-order chi connectivity index (χ0) is 17.5. The first-order chi connectivity index (χ1) is 11.5. The quantitative estimate of drug-likeness (QED) is 0.289. The van der Waals surface area contributed by atoms with Crippen LogP contribution >= 0.6 is 0 Å². The van der Waals surface area contributed by atoms with Gasteiger partial charge in [0.15, 0.2) is 5.96 Å². The number of rotatable bonds is 7. The largest absolute Gasteiger partial charge is 0.492 e. The zero-order valence-corrected chi connectivity index (χ0v) is 13.4. The van der Waals surface area contributed by atoms with E-state index in [1.165, 1.54) is 7.11 Å². The van der Waals surface area contributed by atoms with Gasteiger partial charge in [0.2, 0.25) is 0 Å². The molecule has 0 saturated carbocycles. The summed E-state index contributed by atoms with van der Waals surface area (Å²) >= 11 is 0. The summed E-state index contributed by atoms with van der Waals surface area (Å²) in [5, 5.41) is 0.853. The van der Waals surface area contributed by atoms with E-state index in [1.807, 2.05) is 6.07 Å². The van der Waals surface area contributed by atoms with Crippen LogP contribution in [0, 0.1) is 0 Å². The Labute approximate surface area is 138 Å². The van der Waals surface area contributed by atoms with Crippen molar-refractivity contribution in [3.05, 3.63) is 40.2 Å². The number of fused-ring (bicyclic) bond motifs is 1. The lowest BCUT2D eigenvalue weighted by Gasteiger charge is -2.07. The highest BCUT2D eigenvalue weighted by molar-refractivity contribution is 5.80. The third-order valence-corrected chi connectivity index (χ3v) is 3.37. The van der Waals surface area contributed by atoms with Gasteiger partial charge in [-0.1, -0.05) is 0 Å². The summed E-state index contributed by atoms with van der Waals surface area (Å²) in [6, 6.07) is 7.12. The smallest absolute Gasteiger partial charge is 0.305 e. The molecule has 8 nitrogen and oxygen atoms in total. The Balaban J connectivity index is 2.11. The van der Waals surface area contributed by atoms with Gasteiger partial charge in [-0.15, -0.1) is 0 Å². The highest BCUT2D eigenvalue weighted by Gasteiger charge is 2.07. The van der Waals surface area contributed by atoms with E-state index in [4.69, 9.17) is 16.2 Å². The first-order valence-electron chi connectivity index (χ1n) is 7.40. The minimum atomic E-state index is -0.348. The maximum atomic E-state index is 12.1. The number of hydrogen-bond donors (Lipinski definition) is 3. The topological polar surface area (TPSA) is 133 Å². The van der Waals surface area contributed by atoms with Crippen molar-refractivity contribution in [1.29, 1.82) is 0 Å². The van der Waals surface area contributed by atoms with Crippen LogP contribution in [0.25, 0.3) is 10.9 Å². The van der Waals surface area contributed by atoms with E-state index in [1.54, 1.807) is 18.2 Å². The number of carbonyl (C=O) groups is 1. The van der Waals surface area contributed by atoms with Crippen LogP contribution in [0.1, 0.15) is 12.0 Å². The molecule has 0 bridgehead atoms. The first-order valence-corrected chi connectivity index (χ1v) is 7.40. The molecule has 0 fully saturated rings. The maximum Gasteiger partial charge on any atom is 0.305 e. The second-order valence-corrected chi connectivity index (χ2v) is 5.10. The number of pyridine rings is 1. The number of H-pyrrole nitrogens is 1. The van der Waals surface area contributed by atoms with Crippen LogP contribution in [-0.4, -0.2) is 37.2 Å². The normalized spacial score (nSPS) is 10.4. The average Bonchev–Trinajstić information content (AvgIpc) is 2.56. The maximum absolute atomic E-state index is 12.1. The Morgan fingerprint density at radius 3 is 2.79 bits per heavy atom. The number of esters is 1. The SMILES string of the molecule is COC(=O)CCc1cc2ccc(OCCN=C(N)N)cc2[nH]c1=O. The van der Waals surface area contributed by atoms with Gasteiger partial charge < -0.3 is 25.9 Å². The number of nitrogens with two attached hydrogens (primary N) is 2. The molecule has 0 aliphatic heterocycles. The number of nitrogens with one attached hydrogen (secondary N) is 1. The molecule has 1 aromatic carbocycles. The number of aliphatic imine (C=N–C) groups is 1. The Hall–Kier alpha value is -3.03. The number of nitrogens with zero attached hydrogens (tertiary/aromatic N) is 1. The summed E-state index contributed by atoms with van der Waals surface area (Å²) in [5.41, 5.74) is 11.4. The van der Waals surface area contributed by atoms with E-state index < -0.39 is 0 Å². The van der Waals surface area contributed by atoms with E-state index in [2.05, 4.69) is 14.7 Å². The van der Waals surface area contributed by atoms with Crippen molar-refractivity contribution < 1.29 is 14.3 Å². The number of ether oxygens (including phenoxy) is 2. The molecule has 128 valence electrons. The third-order valence-electron chi connectivity index (χ3n) is 3.37. The fraction of sp³-hybridized carbons (Fsp3) is 0.312. The first kappa shape index (κ1) is 17.3. The van der Waals surface area contributed by atoms with Gasteiger partial charge >= 0.3 is 5.97 Å². The minimum Gasteiger partial charge on any atom is -0.492 e. The molecule has 0 spiro atoms. The van der Waals surface area contributed by atoms with Gasteiger partial charge in [-0.25, -0.2) is 0 Å². The molecule has 0 aliphatic rings. The number of aryl methyl sites for hydroxylation is 1. The molecule has 0 unspecified atom stereocenters. The molecule has 24 heavy (non-hydrogen) atoms. The molecule has 0 amide bonds. The molecule has 1 heterocycles. The molecule has 5 N–H and O–H groups in total. The molecule has 2 aromatic rings. The van der Waals surface area contributed by atoms with Crippen LogP contribution in [0.4, 0.5) is 0 Å². The molecule has 2 rings (SSSR count). The summed E-state index contributed by atoms with van der Waals surface area (Å²) in [6.45, 7) is 0.675. The van der Waals surface area contributed by atoms with Crippen LogP contribution < -0.4 is 21.8 Å². The number of guanidine groups is 1. The summed E-state index contributed by atoms with van der Waals surface area (Å²) in [5.74, 6) is 0.270. The van der Waals surface area contributed by atoms with Gasteiger partial charge in [0.05, 0.1) is 19.2 Å². The van der Waals surface area contributed by atoms with E-state index in [0.717, 1.165) is 5.39 Å². The van der Waals surface area contributed by atoms with Gasteiger partial charge in [-0.2, -0.15) is 0 Å². The molecule has 8 heteroatoms. The number of benzene rings is 1. The summed E-state index contributed by atoms with van der Waals surface area (Å²) in [4.78, 5) is 29.9. The standard InChI is InChI=1S/C16H20N4O4/c1-23-14(21)5-3-11-8-10-2-4-12(9-13(10)20-15(11)22)24-7-6-19-16(17)18/h2,4,8-9H,3,5-7H2,1H3,(H,20,22)(H4,17,18,19). The Morgan fingerprint density at radius 1 is 1.29 bits per heavy atom. The van der Waals surface area contributed by atoms with Gasteiger partial charge in [-0.05, 0) is 30.0 Å². The Bertz CT molecular complexity index is 809. The number of carbonyl (C=O) groups excluding carboxylic acids is 1. The van der Waals surface area contributed by atoms with Crippen molar-refractivity contribution >= 4 is 22.8 Å². The lowest BCUT2D eigenvalue weighted by molar-refractivity contribution is -0.140. The van der Waals surface area contributed by atoms with Crippen molar-refractivity contribution in [1.82, 2.24) is 4.98 Å². The van der Waals surface area contributed by atoms with Crippen molar-refractivity contribution in [3.8, 4) is 5.75 Å². The Morgan fingerprint density at radius 2 is 2.08 bits per heavy atom. The van der Waals surface area contributed by atoms with E-state index in [9.17, 15) is 9.59 Å². The van der Waals surface area contributed by atoms with Crippen molar-refractivity contribution in [2.24, 2.45) is 16.5 Å². The van der Waals surface area contributed by atoms with E-state index >= 15 is 0 Å². The van der Waals surface area contributed by atoms with Crippen LogP contribution in [0.15, 0.2) is 34.1 Å². The van der Waals surface area contributed by atoms with Crippen LogP contribution in [0.5, 0.6) is 5.75 Å². The van der Waals surface area contributed by atoms with E-state index in [-0.39, 0.29) is 23.9 Å². The number of methoxy groups -OCH3 is 1. The molecule has 0 aliphatic carbocycles. The molecular weight excluding hydrogens is 312 g/mol. The summed E-state index contributed by atoms with van der Waals surface area (Å²) in [7, 11) is 1.32. The fourth-order valence-electron chi connectivity index (χ4n) is 2.18. The zero-order valence-electron chi connectivity index (χ0n) is 13.4. The predicted molar refractivity (Wildman–Crippen MR) is 91.1 cm³/mol. The third kappa shape index (κ3) is 4.73. The minimum absolute atomic E-state index is 0.0147. The molecule has 0 atom stereocenters. The second-order valence-electron chi connectivity index (χ2n) is 5.10. The van der Waals surface area contributed by atoms with Crippen molar-refractivity contribution in [2.75, 3.05) is 20.3 Å². The summed E-state index contributed by atoms with van der Waals surface area (Å²) < 4.78 is 10.1. The van der Waals surface area contributed by atoms with Gasteiger partial charge in [0, 0.05) is 18.1 Å². The molecule has 1 aromatic heterocycles. The number of aromatic amines is 1. The monoisotopic (exact) mass is 332 g/mol. The average molecular weight is 332 g/mol. The lowest BCUT2D eigenvalue weighted by atomic mass is 10.1. The van der Waals surface area contributed by atoms with Crippen molar-refractivity contribution in [2.45, 2.75) is 12.8 Å². The second kappa shape index (κ2) is 8.00. The number of aromatic nitrogens is 1. The van der Waals surface area contributed by atoms with Crippen molar-refractivity contribution in [3.63, 3.8) is 0 Å². The fourth-order valence-corrected chi connectivity index (χ4v) is 2.18. The van der Waals surface area contributed by atoms with Crippen LogP contribution in [-0.2, 0) is 16.0 Å². The highest BCUT2D eigenvalue weighted by atomic mass is 16.5.